The van der Waals surface area contributed by atoms with Gasteiger partial charge in [-0.2, -0.15) is 0 Å². The predicted octanol–water partition coefficient (Wildman–Crippen LogP) is 3.92. The van der Waals surface area contributed by atoms with Gasteiger partial charge < -0.3 is 10.1 Å². The van der Waals surface area contributed by atoms with Crippen LogP contribution in [0.1, 0.15) is 28.9 Å². The highest BCUT2D eigenvalue weighted by atomic mass is 19.1. The van der Waals surface area contributed by atoms with Gasteiger partial charge in [0.1, 0.15) is 11.6 Å². The van der Waals surface area contributed by atoms with Crippen LogP contribution in [-0.2, 0) is 4.74 Å². The fourth-order valence-electron chi connectivity index (χ4n) is 2.06. The van der Waals surface area contributed by atoms with Crippen LogP contribution in [0.4, 0.5) is 14.5 Å². The lowest BCUT2D eigenvalue weighted by Crippen LogP contribution is -2.12. The average molecular weight is 291 g/mol. The molecule has 110 valence electrons. The molecular formula is C16H15F2NO2. The number of para-hydroxylation sites is 1. The van der Waals surface area contributed by atoms with E-state index in [1.807, 2.05) is 0 Å². The molecule has 1 N–H and O–H groups in total. The van der Waals surface area contributed by atoms with Crippen molar-refractivity contribution in [3.63, 3.8) is 0 Å². The Morgan fingerprint density at radius 1 is 1.19 bits per heavy atom. The molecule has 0 spiro atoms. The molecule has 0 fully saturated rings. The van der Waals surface area contributed by atoms with Crippen molar-refractivity contribution >= 4 is 11.7 Å². The van der Waals surface area contributed by atoms with Crippen molar-refractivity contribution in [2.75, 3.05) is 12.4 Å². The van der Waals surface area contributed by atoms with Crippen molar-refractivity contribution in [3.8, 4) is 0 Å². The lowest BCUT2D eigenvalue weighted by molar-refractivity contribution is 0.0602. The van der Waals surface area contributed by atoms with Crippen LogP contribution in [0.25, 0.3) is 0 Å². The molecule has 2 aromatic carbocycles. The highest BCUT2D eigenvalue weighted by Crippen LogP contribution is 2.25. The van der Waals surface area contributed by atoms with Gasteiger partial charge in [-0.25, -0.2) is 13.6 Å². The van der Waals surface area contributed by atoms with E-state index in [2.05, 4.69) is 5.32 Å². The first kappa shape index (κ1) is 15.0. The summed E-state index contributed by atoms with van der Waals surface area (Å²) in [4.78, 5) is 11.7. The van der Waals surface area contributed by atoms with Crippen LogP contribution in [0, 0.1) is 11.6 Å². The van der Waals surface area contributed by atoms with Gasteiger partial charge in [0, 0.05) is 17.3 Å². The molecule has 0 aliphatic heterocycles. The second-order valence-electron chi connectivity index (χ2n) is 4.57. The number of carbonyl (C=O) groups is 1. The molecule has 1 unspecified atom stereocenters. The van der Waals surface area contributed by atoms with Crippen LogP contribution in [0.2, 0.25) is 0 Å². The molecular weight excluding hydrogens is 276 g/mol. The zero-order valence-corrected chi connectivity index (χ0v) is 11.7. The molecule has 2 aromatic rings. The van der Waals surface area contributed by atoms with Gasteiger partial charge in [0.15, 0.2) is 0 Å². The third-order valence-corrected chi connectivity index (χ3v) is 3.13. The van der Waals surface area contributed by atoms with Gasteiger partial charge in [-0.15, -0.1) is 0 Å². The van der Waals surface area contributed by atoms with Crippen LogP contribution in [-0.4, -0.2) is 13.1 Å². The second-order valence-corrected chi connectivity index (χ2v) is 4.57. The number of carbonyl (C=O) groups excluding carboxylic acids is 1. The SMILES string of the molecule is COC(=O)c1ccccc1NC(C)c1ccc(F)cc1F. The van der Waals surface area contributed by atoms with E-state index in [-0.39, 0.29) is 0 Å². The number of rotatable bonds is 4. The zero-order chi connectivity index (χ0) is 15.4. The van der Waals surface area contributed by atoms with Gasteiger partial charge in [-0.1, -0.05) is 18.2 Å². The molecule has 0 saturated carbocycles. The molecule has 1 atom stereocenters. The summed E-state index contributed by atoms with van der Waals surface area (Å²) in [7, 11) is 1.29. The molecule has 0 saturated heterocycles. The maximum absolute atomic E-state index is 13.8. The third-order valence-electron chi connectivity index (χ3n) is 3.13. The molecule has 5 heteroatoms. The Morgan fingerprint density at radius 2 is 1.90 bits per heavy atom. The van der Waals surface area contributed by atoms with Gasteiger partial charge in [0.05, 0.1) is 18.7 Å². The molecule has 0 radical (unpaired) electrons. The number of halogens is 2. The number of methoxy groups -OCH3 is 1. The largest absolute Gasteiger partial charge is 0.465 e. The van der Waals surface area contributed by atoms with Gasteiger partial charge in [-0.3, -0.25) is 0 Å². The van der Waals surface area contributed by atoms with E-state index in [0.717, 1.165) is 6.07 Å². The Hall–Kier alpha value is -2.43. The van der Waals surface area contributed by atoms with E-state index in [9.17, 15) is 13.6 Å². The zero-order valence-electron chi connectivity index (χ0n) is 11.7. The van der Waals surface area contributed by atoms with Gasteiger partial charge in [0.2, 0.25) is 0 Å². The van der Waals surface area contributed by atoms with E-state index < -0.39 is 23.6 Å². The van der Waals surface area contributed by atoms with Crippen molar-refractivity contribution in [2.24, 2.45) is 0 Å². The van der Waals surface area contributed by atoms with E-state index >= 15 is 0 Å². The molecule has 0 aromatic heterocycles. The predicted molar refractivity (Wildman–Crippen MR) is 76.2 cm³/mol. The lowest BCUT2D eigenvalue weighted by atomic mass is 10.1. The standard InChI is InChI=1S/C16H15F2NO2/c1-10(12-8-7-11(17)9-14(12)18)19-15-6-4-3-5-13(15)16(20)21-2/h3-10,19H,1-2H3. The van der Waals surface area contributed by atoms with Crippen LogP contribution in [0.5, 0.6) is 0 Å². The van der Waals surface area contributed by atoms with E-state index in [4.69, 9.17) is 4.74 Å². The number of hydrogen-bond acceptors (Lipinski definition) is 3. The molecule has 2 rings (SSSR count). The normalized spacial score (nSPS) is 11.8. The van der Waals surface area contributed by atoms with Crippen molar-refractivity contribution < 1.29 is 18.3 Å². The smallest absolute Gasteiger partial charge is 0.339 e. The summed E-state index contributed by atoms with van der Waals surface area (Å²) >= 11 is 0. The Balaban J connectivity index is 2.27. The van der Waals surface area contributed by atoms with Gasteiger partial charge in [0.25, 0.3) is 0 Å². The van der Waals surface area contributed by atoms with E-state index in [1.165, 1.54) is 19.2 Å². The summed E-state index contributed by atoms with van der Waals surface area (Å²) in [5, 5.41) is 3.04. The summed E-state index contributed by atoms with van der Waals surface area (Å²) in [6.45, 7) is 1.73. The quantitative estimate of drug-likeness (QED) is 0.868. The Kier molecular flexibility index (Phi) is 4.52. The van der Waals surface area contributed by atoms with Crippen LogP contribution in [0.15, 0.2) is 42.5 Å². The maximum atomic E-state index is 13.8. The highest BCUT2D eigenvalue weighted by molar-refractivity contribution is 5.95. The number of hydrogen-bond donors (Lipinski definition) is 1. The van der Waals surface area contributed by atoms with E-state index in [0.29, 0.717) is 16.8 Å². The number of ether oxygens (including phenoxy) is 1. The molecule has 0 amide bonds. The summed E-state index contributed by atoms with van der Waals surface area (Å²) in [6, 6.07) is 9.75. The summed E-state index contributed by atoms with van der Waals surface area (Å²) in [5.74, 6) is -1.74. The van der Waals surface area contributed by atoms with E-state index in [1.54, 1.807) is 31.2 Å². The average Bonchev–Trinajstić information content (AvgIpc) is 2.46. The molecule has 0 bridgehead atoms. The Labute approximate surface area is 121 Å². The molecule has 0 aliphatic carbocycles. The highest BCUT2D eigenvalue weighted by Gasteiger charge is 2.16. The maximum Gasteiger partial charge on any atom is 0.339 e. The molecule has 0 heterocycles. The van der Waals surface area contributed by atoms with Crippen molar-refractivity contribution in [2.45, 2.75) is 13.0 Å². The topological polar surface area (TPSA) is 38.3 Å². The minimum absolute atomic E-state index is 0.316. The minimum atomic E-state index is -0.634. The first-order chi connectivity index (χ1) is 10.0. The van der Waals surface area contributed by atoms with Gasteiger partial charge in [-0.05, 0) is 25.1 Å². The van der Waals surface area contributed by atoms with Crippen molar-refractivity contribution in [1.29, 1.82) is 0 Å². The summed E-state index contributed by atoms with van der Waals surface area (Å²) < 4.78 is 31.4. The fraction of sp³-hybridized carbons (Fsp3) is 0.188. The summed E-state index contributed by atoms with van der Waals surface area (Å²) in [5.41, 5.74) is 1.20. The summed E-state index contributed by atoms with van der Waals surface area (Å²) in [6.07, 6.45) is 0. The molecule has 21 heavy (non-hydrogen) atoms. The number of esters is 1. The molecule has 0 aliphatic rings. The first-order valence-corrected chi connectivity index (χ1v) is 6.41. The van der Waals surface area contributed by atoms with Crippen molar-refractivity contribution in [1.82, 2.24) is 0 Å². The Bertz CT molecular complexity index is 658. The van der Waals surface area contributed by atoms with Gasteiger partial charge >= 0.3 is 5.97 Å². The number of anilines is 1. The minimum Gasteiger partial charge on any atom is -0.465 e. The Morgan fingerprint density at radius 3 is 2.57 bits per heavy atom. The molecule has 3 nitrogen and oxygen atoms in total. The lowest BCUT2D eigenvalue weighted by Gasteiger charge is -2.18. The number of benzene rings is 2. The van der Waals surface area contributed by atoms with Crippen molar-refractivity contribution in [3.05, 3.63) is 65.2 Å². The van der Waals surface area contributed by atoms with Crippen LogP contribution >= 0.6 is 0 Å². The first-order valence-electron chi connectivity index (χ1n) is 6.41. The van der Waals surface area contributed by atoms with Crippen LogP contribution < -0.4 is 5.32 Å². The number of nitrogens with one attached hydrogen (secondary N) is 1. The third kappa shape index (κ3) is 3.37. The van der Waals surface area contributed by atoms with Crippen LogP contribution in [0.3, 0.4) is 0 Å². The second kappa shape index (κ2) is 6.35. The monoisotopic (exact) mass is 291 g/mol. The fourth-order valence-corrected chi connectivity index (χ4v) is 2.06.